The number of methoxy groups -OCH3 is 1. The third kappa shape index (κ3) is 4.01. The summed E-state index contributed by atoms with van der Waals surface area (Å²) in [5.74, 6) is 0. The summed E-state index contributed by atoms with van der Waals surface area (Å²) in [5.41, 5.74) is 2.43. The number of para-hydroxylation sites is 1. The smallest absolute Gasteiger partial charge is 0.0734 e. The van der Waals surface area contributed by atoms with Gasteiger partial charge >= 0.3 is 0 Å². The van der Waals surface area contributed by atoms with Crippen LogP contribution >= 0.6 is 0 Å². The van der Waals surface area contributed by atoms with E-state index in [9.17, 15) is 0 Å². The van der Waals surface area contributed by atoms with E-state index in [2.05, 4.69) is 41.5 Å². The van der Waals surface area contributed by atoms with E-state index in [4.69, 9.17) is 4.74 Å². The Balaban J connectivity index is 1.91. The van der Waals surface area contributed by atoms with Crippen molar-refractivity contribution in [2.75, 3.05) is 20.3 Å². The standard InChI is InChI=1S/C16H22N2O/c1-13(9-12-19-2)17-11-8-15-6-3-5-14-7-4-10-18-16(14)15/h3-7,10,13,17H,8-9,11-12H2,1-2H3. The first-order valence-electron chi connectivity index (χ1n) is 6.86. The van der Waals surface area contributed by atoms with Crippen LogP contribution in [0.15, 0.2) is 36.5 Å². The lowest BCUT2D eigenvalue weighted by Crippen LogP contribution is -2.29. The summed E-state index contributed by atoms with van der Waals surface area (Å²) in [6.07, 6.45) is 3.91. The Morgan fingerprint density at radius 2 is 2.11 bits per heavy atom. The van der Waals surface area contributed by atoms with E-state index in [-0.39, 0.29) is 0 Å². The molecule has 1 aromatic carbocycles. The van der Waals surface area contributed by atoms with Gasteiger partial charge in [0.25, 0.3) is 0 Å². The molecule has 0 bridgehead atoms. The molecule has 3 heteroatoms. The van der Waals surface area contributed by atoms with E-state index >= 15 is 0 Å². The zero-order chi connectivity index (χ0) is 13.5. The van der Waals surface area contributed by atoms with Gasteiger partial charge in [0, 0.05) is 31.3 Å². The van der Waals surface area contributed by atoms with Gasteiger partial charge < -0.3 is 10.1 Å². The number of nitrogens with zero attached hydrogens (tertiary/aromatic N) is 1. The van der Waals surface area contributed by atoms with Crippen LogP contribution in [0, 0.1) is 0 Å². The Morgan fingerprint density at radius 1 is 1.26 bits per heavy atom. The van der Waals surface area contributed by atoms with Crippen LogP contribution in [-0.4, -0.2) is 31.3 Å². The highest BCUT2D eigenvalue weighted by atomic mass is 16.5. The van der Waals surface area contributed by atoms with Crippen LogP contribution in [0.4, 0.5) is 0 Å². The van der Waals surface area contributed by atoms with Crippen LogP contribution in [-0.2, 0) is 11.2 Å². The second-order valence-corrected chi connectivity index (χ2v) is 4.88. The maximum absolute atomic E-state index is 5.08. The zero-order valence-corrected chi connectivity index (χ0v) is 11.7. The monoisotopic (exact) mass is 258 g/mol. The van der Waals surface area contributed by atoms with Gasteiger partial charge in [0.1, 0.15) is 0 Å². The molecule has 2 aromatic rings. The topological polar surface area (TPSA) is 34.1 Å². The van der Waals surface area contributed by atoms with Gasteiger partial charge in [-0.15, -0.1) is 0 Å². The highest BCUT2D eigenvalue weighted by molar-refractivity contribution is 5.81. The molecule has 0 saturated heterocycles. The first-order valence-corrected chi connectivity index (χ1v) is 6.86. The Labute approximate surface area is 115 Å². The van der Waals surface area contributed by atoms with Crippen molar-refractivity contribution in [3.63, 3.8) is 0 Å². The molecule has 0 fully saturated rings. The molecule has 2 rings (SSSR count). The minimum absolute atomic E-state index is 0.489. The first-order chi connectivity index (χ1) is 9.31. The Kier molecular flexibility index (Phi) is 5.31. The average molecular weight is 258 g/mol. The largest absolute Gasteiger partial charge is 0.385 e. The number of nitrogens with one attached hydrogen (secondary N) is 1. The quantitative estimate of drug-likeness (QED) is 0.829. The number of pyridine rings is 1. The van der Waals surface area contributed by atoms with Crippen LogP contribution < -0.4 is 5.32 Å². The summed E-state index contributed by atoms with van der Waals surface area (Å²) in [6.45, 7) is 3.98. The molecule has 1 heterocycles. The van der Waals surface area contributed by atoms with Crippen molar-refractivity contribution < 1.29 is 4.74 Å². The van der Waals surface area contributed by atoms with Gasteiger partial charge in [0.2, 0.25) is 0 Å². The predicted octanol–water partition coefficient (Wildman–Crippen LogP) is 2.79. The second-order valence-electron chi connectivity index (χ2n) is 4.88. The van der Waals surface area contributed by atoms with Crippen LogP contribution in [0.3, 0.4) is 0 Å². The van der Waals surface area contributed by atoms with Crippen LogP contribution in [0.2, 0.25) is 0 Å². The van der Waals surface area contributed by atoms with Crippen molar-refractivity contribution in [2.24, 2.45) is 0 Å². The lowest BCUT2D eigenvalue weighted by atomic mass is 10.1. The van der Waals surface area contributed by atoms with Crippen molar-refractivity contribution in [2.45, 2.75) is 25.8 Å². The van der Waals surface area contributed by atoms with E-state index in [0.29, 0.717) is 6.04 Å². The fourth-order valence-corrected chi connectivity index (χ4v) is 2.22. The summed E-state index contributed by atoms with van der Waals surface area (Å²) in [4.78, 5) is 4.48. The van der Waals surface area contributed by atoms with Crippen LogP contribution in [0.1, 0.15) is 18.9 Å². The summed E-state index contributed by atoms with van der Waals surface area (Å²) >= 11 is 0. The van der Waals surface area contributed by atoms with Crippen molar-refractivity contribution in [3.05, 3.63) is 42.1 Å². The molecule has 1 aromatic heterocycles. The Morgan fingerprint density at radius 3 is 2.95 bits per heavy atom. The van der Waals surface area contributed by atoms with E-state index < -0.39 is 0 Å². The van der Waals surface area contributed by atoms with Crippen molar-refractivity contribution in [1.82, 2.24) is 10.3 Å². The average Bonchev–Trinajstić information content (AvgIpc) is 2.45. The van der Waals surface area contributed by atoms with E-state index in [1.807, 2.05) is 12.3 Å². The van der Waals surface area contributed by atoms with E-state index in [1.165, 1.54) is 10.9 Å². The fraction of sp³-hybridized carbons (Fsp3) is 0.438. The van der Waals surface area contributed by atoms with Crippen molar-refractivity contribution >= 4 is 10.9 Å². The fourth-order valence-electron chi connectivity index (χ4n) is 2.22. The SMILES string of the molecule is COCCC(C)NCCc1cccc2cccnc12. The molecule has 0 aliphatic heterocycles. The van der Waals surface area contributed by atoms with Crippen molar-refractivity contribution in [3.8, 4) is 0 Å². The minimum atomic E-state index is 0.489. The maximum atomic E-state index is 5.08. The Hall–Kier alpha value is -1.45. The summed E-state index contributed by atoms with van der Waals surface area (Å²) in [7, 11) is 1.74. The summed E-state index contributed by atoms with van der Waals surface area (Å²) in [6, 6.07) is 11.0. The summed E-state index contributed by atoms with van der Waals surface area (Å²) in [5, 5.41) is 4.74. The van der Waals surface area contributed by atoms with Gasteiger partial charge in [-0.2, -0.15) is 0 Å². The molecule has 1 unspecified atom stereocenters. The molecule has 0 saturated carbocycles. The lowest BCUT2D eigenvalue weighted by molar-refractivity contribution is 0.185. The highest BCUT2D eigenvalue weighted by Gasteiger charge is 2.03. The molecule has 0 spiro atoms. The lowest BCUT2D eigenvalue weighted by Gasteiger charge is -2.13. The predicted molar refractivity (Wildman–Crippen MR) is 79.4 cm³/mol. The molecule has 19 heavy (non-hydrogen) atoms. The number of aromatic nitrogens is 1. The van der Waals surface area contributed by atoms with Gasteiger partial charge in [-0.3, -0.25) is 4.98 Å². The van der Waals surface area contributed by atoms with Gasteiger partial charge in [0.05, 0.1) is 5.52 Å². The number of rotatable bonds is 7. The molecule has 1 N–H and O–H groups in total. The number of hydrogen-bond donors (Lipinski definition) is 1. The van der Waals surface area contributed by atoms with Gasteiger partial charge in [-0.25, -0.2) is 0 Å². The number of benzene rings is 1. The molecule has 0 radical (unpaired) electrons. The molecule has 0 amide bonds. The number of fused-ring (bicyclic) bond motifs is 1. The first kappa shape index (κ1) is 14.0. The molecule has 0 aliphatic carbocycles. The molecule has 1 atom stereocenters. The maximum Gasteiger partial charge on any atom is 0.0734 e. The minimum Gasteiger partial charge on any atom is -0.385 e. The molecule has 0 aliphatic rings. The van der Waals surface area contributed by atoms with E-state index in [1.54, 1.807) is 7.11 Å². The normalized spacial score (nSPS) is 12.7. The Bertz CT molecular complexity index is 508. The van der Waals surface area contributed by atoms with Gasteiger partial charge in [-0.1, -0.05) is 24.3 Å². The van der Waals surface area contributed by atoms with E-state index in [0.717, 1.165) is 31.5 Å². The molecular weight excluding hydrogens is 236 g/mol. The third-order valence-electron chi connectivity index (χ3n) is 3.36. The second kappa shape index (κ2) is 7.22. The zero-order valence-electron chi connectivity index (χ0n) is 11.7. The number of hydrogen-bond acceptors (Lipinski definition) is 3. The highest BCUT2D eigenvalue weighted by Crippen LogP contribution is 2.16. The van der Waals surface area contributed by atoms with Gasteiger partial charge in [-0.05, 0) is 37.9 Å². The molecule has 102 valence electrons. The van der Waals surface area contributed by atoms with Crippen LogP contribution in [0.5, 0.6) is 0 Å². The third-order valence-corrected chi connectivity index (χ3v) is 3.36. The van der Waals surface area contributed by atoms with Gasteiger partial charge in [0.15, 0.2) is 0 Å². The summed E-state index contributed by atoms with van der Waals surface area (Å²) < 4.78 is 5.08. The van der Waals surface area contributed by atoms with Crippen molar-refractivity contribution in [1.29, 1.82) is 0 Å². The number of ether oxygens (including phenoxy) is 1. The molecular formula is C16H22N2O. The molecule has 3 nitrogen and oxygen atoms in total. The van der Waals surface area contributed by atoms with Crippen LogP contribution in [0.25, 0.3) is 10.9 Å².